The quantitative estimate of drug-likeness (QED) is 0.420. The van der Waals surface area contributed by atoms with Crippen molar-refractivity contribution < 1.29 is 14.3 Å². The van der Waals surface area contributed by atoms with Gasteiger partial charge in [0.15, 0.2) is 11.5 Å². The molecular weight excluding hydrogens is 292 g/mol. The van der Waals surface area contributed by atoms with Gasteiger partial charge in [0.25, 0.3) is 0 Å². The fraction of sp³-hybridized carbons (Fsp3) is 0.0556. The Kier molecular flexibility index (Phi) is 4.29. The summed E-state index contributed by atoms with van der Waals surface area (Å²) in [5.74, 6) is 0.360. The van der Waals surface area contributed by atoms with Crippen LogP contribution in [0.2, 0.25) is 0 Å². The number of rotatable bonds is 4. The molecule has 0 fully saturated rings. The summed E-state index contributed by atoms with van der Waals surface area (Å²) in [5.41, 5.74) is 2.16. The van der Waals surface area contributed by atoms with Crippen LogP contribution in [0.4, 0.5) is 0 Å². The molecule has 3 rings (SSSR count). The number of methoxy groups -OCH3 is 1. The SMILES string of the molecule is COc1ccccc1OC(=O)/C=C/c1cnc2ccccc2n1. The molecule has 5 heteroatoms. The highest BCUT2D eigenvalue weighted by Gasteiger charge is 2.06. The van der Waals surface area contributed by atoms with Gasteiger partial charge in [-0.25, -0.2) is 9.78 Å². The van der Waals surface area contributed by atoms with Crippen molar-refractivity contribution in [3.05, 3.63) is 66.5 Å². The van der Waals surface area contributed by atoms with E-state index in [0.717, 1.165) is 11.0 Å². The highest BCUT2D eigenvalue weighted by atomic mass is 16.6. The Balaban J connectivity index is 1.74. The van der Waals surface area contributed by atoms with Crippen LogP contribution in [-0.2, 0) is 4.79 Å². The van der Waals surface area contributed by atoms with Crippen LogP contribution in [-0.4, -0.2) is 23.0 Å². The molecule has 3 aromatic rings. The van der Waals surface area contributed by atoms with E-state index in [4.69, 9.17) is 9.47 Å². The first kappa shape index (κ1) is 14.7. The zero-order chi connectivity index (χ0) is 16.1. The van der Waals surface area contributed by atoms with Gasteiger partial charge in [-0.1, -0.05) is 24.3 Å². The Morgan fingerprint density at radius 2 is 1.70 bits per heavy atom. The summed E-state index contributed by atoms with van der Waals surface area (Å²) in [5, 5.41) is 0. The summed E-state index contributed by atoms with van der Waals surface area (Å²) >= 11 is 0. The molecule has 0 saturated carbocycles. The van der Waals surface area contributed by atoms with Gasteiger partial charge in [0, 0.05) is 6.08 Å². The van der Waals surface area contributed by atoms with Gasteiger partial charge >= 0.3 is 5.97 Å². The molecule has 2 aromatic carbocycles. The largest absolute Gasteiger partial charge is 0.493 e. The molecular formula is C18H14N2O3. The molecule has 0 amide bonds. The fourth-order valence-electron chi connectivity index (χ4n) is 2.05. The van der Waals surface area contributed by atoms with E-state index >= 15 is 0 Å². The van der Waals surface area contributed by atoms with Crippen LogP contribution in [0, 0.1) is 0 Å². The summed E-state index contributed by atoms with van der Waals surface area (Å²) in [6.07, 6.45) is 4.48. The fourth-order valence-corrected chi connectivity index (χ4v) is 2.05. The van der Waals surface area contributed by atoms with E-state index < -0.39 is 5.97 Å². The minimum atomic E-state index is -0.510. The molecule has 0 bridgehead atoms. The van der Waals surface area contributed by atoms with E-state index in [-0.39, 0.29) is 0 Å². The number of aromatic nitrogens is 2. The second-order valence-electron chi connectivity index (χ2n) is 4.69. The lowest BCUT2D eigenvalue weighted by molar-refractivity contribution is -0.129. The summed E-state index contributed by atoms with van der Waals surface area (Å²) in [6.45, 7) is 0. The molecule has 0 aliphatic rings. The maximum Gasteiger partial charge on any atom is 0.336 e. The van der Waals surface area contributed by atoms with Crippen molar-refractivity contribution in [1.82, 2.24) is 9.97 Å². The molecule has 0 saturated heterocycles. The third-order valence-corrected chi connectivity index (χ3v) is 3.14. The van der Waals surface area contributed by atoms with Gasteiger partial charge in [0.05, 0.1) is 30.0 Å². The highest BCUT2D eigenvalue weighted by molar-refractivity contribution is 5.89. The molecule has 1 heterocycles. The number of esters is 1. The van der Waals surface area contributed by atoms with Gasteiger partial charge in [-0.15, -0.1) is 0 Å². The number of hydrogen-bond donors (Lipinski definition) is 0. The maximum absolute atomic E-state index is 11.9. The number of nitrogens with zero attached hydrogens (tertiary/aromatic N) is 2. The lowest BCUT2D eigenvalue weighted by Gasteiger charge is -2.06. The first-order valence-electron chi connectivity index (χ1n) is 7.01. The van der Waals surface area contributed by atoms with Crippen LogP contribution in [0.1, 0.15) is 5.69 Å². The van der Waals surface area contributed by atoms with Crippen molar-refractivity contribution in [2.45, 2.75) is 0 Å². The number of carbonyl (C=O) groups is 1. The molecule has 0 unspecified atom stereocenters. The molecule has 0 aliphatic heterocycles. The smallest absolute Gasteiger partial charge is 0.336 e. The van der Waals surface area contributed by atoms with Crippen molar-refractivity contribution in [2.24, 2.45) is 0 Å². The van der Waals surface area contributed by atoms with Gasteiger partial charge in [-0.2, -0.15) is 0 Å². The van der Waals surface area contributed by atoms with Gasteiger partial charge in [-0.05, 0) is 30.3 Å². The summed E-state index contributed by atoms with van der Waals surface area (Å²) in [7, 11) is 1.52. The number of hydrogen-bond acceptors (Lipinski definition) is 5. The molecule has 5 nitrogen and oxygen atoms in total. The van der Waals surface area contributed by atoms with Crippen LogP contribution in [0.15, 0.2) is 60.8 Å². The molecule has 0 N–H and O–H groups in total. The molecule has 114 valence electrons. The van der Waals surface area contributed by atoms with Crippen molar-refractivity contribution >= 4 is 23.1 Å². The lowest BCUT2D eigenvalue weighted by atomic mass is 10.3. The monoisotopic (exact) mass is 306 g/mol. The van der Waals surface area contributed by atoms with Crippen LogP contribution in [0.25, 0.3) is 17.1 Å². The zero-order valence-corrected chi connectivity index (χ0v) is 12.5. The first-order chi connectivity index (χ1) is 11.3. The van der Waals surface area contributed by atoms with Crippen molar-refractivity contribution in [3.8, 4) is 11.5 Å². The van der Waals surface area contributed by atoms with E-state index in [0.29, 0.717) is 17.2 Å². The Morgan fingerprint density at radius 1 is 1.00 bits per heavy atom. The second-order valence-corrected chi connectivity index (χ2v) is 4.69. The van der Waals surface area contributed by atoms with Crippen molar-refractivity contribution in [3.63, 3.8) is 0 Å². The predicted molar refractivity (Wildman–Crippen MR) is 87.2 cm³/mol. The normalized spacial score (nSPS) is 10.8. The van der Waals surface area contributed by atoms with Crippen LogP contribution in [0.3, 0.4) is 0 Å². The predicted octanol–water partition coefficient (Wildman–Crippen LogP) is 3.26. The van der Waals surface area contributed by atoms with Gasteiger partial charge < -0.3 is 9.47 Å². The third kappa shape index (κ3) is 3.52. The minimum Gasteiger partial charge on any atom is -0.493 e. The summed E-state index contributed by atoms with van der Waals surface area (Å²) in [4.78, 5) is 20.6. The van der Waals surface area contributed by atoms with Crippen LogP contribution < -0.4 is 9.47 Å². The molecule has 23 heavy (non-hydrogen) atoms. The Labute approximate surface area is 133 Å². The minimum absolute atomic E-state index is 0.370. The van der Waals surface area contributed by atoms with Crippen molar-refractivity contribution in [1.29, 1.82) is 0 Å². The third-order valence-electron chi connectivity index (χ3n) is 3.14. The highest BCUT2D eigenvalue weighted by Crippen LogP contribution is 2.25. The maximum atomic E-state index is 11.9. The van der Waals surface area contributed by atoms with E-state index in [1.54, 1.807) is 36.5 Å². The van der Waals surface area contributed by atoms with Crippen LogP contribution >= 0.6 is 0 Å². The Morgan fingerprint density at radius 3 is 2.48 bits per heavy atom. The number of carbonyl (C=O) groups excluding carboxylic acids is 1. The number of fused-ring (bicyclic) bond motifs is 1. The van der Waals surface area contributed by atoms with Crippen LogP contribution in [0.5, 0.6) is 11.5 Å². The van der Waals surface area contributed by atoms with E-state index in [1.807, 2.05) is 24.3 Å². The molecule has 0 spiro atoms. The zero-order valence-electron chi connectivity index (χ0n) is 12.5. The molecule has 1 aromatic heterocycles. The lowest BCUT2D eigenvalue weighted by Crippen LogP contribution is -2.05. The van der Waals surface area contributed by atoms with Crippen molar-refractivity contribution in [2.75, 3.05) is 7.11 Å². The second kappa shape index (κ2) is 6.70. The van der Waals surface area contributed by atoms with E-state index in [1.165, 1.54) is 13.2 Å². The number of para-hydroxylation sites is 4. The average molecular weight is 306 g/mol. The Hall–Kier alpha value is -3.21. The molecule has 0 aliphatic carbocycles. The number of ether oxygens (including phenoxy) is 2. The molecule has 0 atom stereocenters. The van der Waals surface area contributed by atoms with E-state index in [9.17, 15) is 4.79 Å². The topological polar surface area (TPSA) is 61.3 Å². The summed E-state index contributed by atoms with van der Waals surface area (Å²) < 4.78 is 10.4. The Bertz CT molecular complexity index is 875. The van der Waals surface area contributed by atoms with Gasteiger partial charge in [-0.3, -0.25) is 4.98 Å². The van der Waals surface area contributed by atoms with Gasteiger partial charge in [0.1, 0.15) is 0 Å². The van der Waals surface area contributed by atoms with Gasteiger partial charge in [0.2, 0.25) is 0 Å². The standard InChI is InChI=1S/C18H14N2O3/c1-22-16-8-4-5-9-17(16)23-18(21)11-10-13-12-19-14-6-2-3-7-15(14)20-13/h2-12H,1H3/b11-10+. The van der Waals surface area contributed by atoms with E-state index in [2.05, 4.69) is 9.97 Å². The average Bonchev–Trinajstić information content (AvgIpc) is 2.60. The molecule has 0 radical (unpaired) electrons. The summed E-state index contributed by atoms with van der Waals surface area (Å²) in [6, 6.07) is 14.5. The first-order valence-corrected chi connectivity index (χ1v) is 7.01. The number of benzene rings is 2.